The van der Waals surface area contributed by atoms with Crippen LogP contribution in [0.15, 0.2) is 0 Å². The van der Waals surface area contributed by atoms with Crippen LogP contribution in [0.4, 0.5) is 0 Å². The van der Waals surface area contributed by atoms with Gasteiger partial charge in [-0.2, -0.15) is 0 Å². The van der Waals surface area contributed by atoms with Crippen molar-refractivity contribution in [2.75, 3.05) is 39.6 Å². The standard InChI is InChI=1S/C75H146O17P2/c1-8-9-10-11-12-13-14-15-16-17-18-23-29-36-44-51-58-74(79)91-70(62-85-72(77)56-49-42-35-28-22-20-19-21-26-32-39-46-53-66(2)3)64-89-93(81,82)87-60-69(76)61-88-94(83,84)90-65-71(63-86-73(78)57-50-43-38-31-34-41-48-55-68(6)7)92-75(80)59-52-45-37-30-25-24-27-33-40-47-54-67(4)5/h66-71,76H,8-65H2,1-7H3,(H,81,82)(H,83,84)/t69-,70-,71-/m1/s1. The first-order chi connectivity index (χ1) is 45.2. The number of hydrogen-bond donors (Lipinski definition) is 3. The third kappa shape index (κ3) is 68.6. The molecule has 558 valence electrons. The molecule has 0 radical (unpaired) electrons. The molecule has 0 aromatic carbocycles. The van der Waals surface area contributed by atoms with E-state index in [0.717, 1.165) is 108 Å². The zero-order valence-corrected chi connectivity index (χ0v) is 63.2. The van der Waals surface area contributed by atoms with Gasteiger partial charge in [-0.05, 0) is 43.4 Å². The highest BCUT2D eigenvalue weighted by atomic mass is 31.2. The van der Waals surface area contributed by atoms with Gasteiger partial charge in [0.1, 0.15) is 19.3 Å². The minimum Gasteiger partial charge on any atom is -0.462 e. The second kappa shape index (κ2) is 65.7. The maximum atomic E-state index is 13.1. The summed E-state index contributed by atoms with van der Waals surface area (Å²) in [7, 11) is -9.91. The number of carbonyl (C=O) groups is 4. The van der Waals surface area contributed by atoms with Gasteiger partial charge in [-0.1, -0.05) is 331 Å². The number of aliphatic hydroxyl groups is 1. The third-order valence-electron chi connectivity index (χ3n) is 17.4. The maximum absolute atomic E-state index is 13.1. The van der Waals surface area contributed by atoms with Crippen LogP contribution in [0.2, 0.25) is 0 Å². The summed E-state index contributed by atoms with van der Waals surface area (Å²) >= 11 is 0. The number of carbonyl (C=O) groups excluding carboxylic acids is 4. The highest BCUT2D eigenvalue weighted by Gasteiger charge is 2.30. The largest absolute Gasteiger partial charge is 0.472 e. The molecule has 0 aliphatic heterocycles. The first-order valence-corrected chi connectivity index (χ1v) is 41.8. The smallest absolute Gasteiger partial charge is 0.462 e. The molecule has 17 nitrogen and oxygen atoms in total. The molecule has 0 saturated heterocycles. The Morgan fingerprint density at radius 1 is 0.287 bits per heavy atom. The minimum atomic E-state index is -4.96. The number of esters is 4. The van der Waals surface area contributed by atoms with Crippen LogP contribution in [-0.4, -0.2) is 96.7 Å². The molecule has 0 fully saturated rings. The van der Waals surface area contributed by atoms with Crippen LogP contribution in [0.25, 0.3) is 0 Å². The fourth-order valence-corrected chi connectivity index (χ4v) is 13.0. The number of rotatable bonds is 73. The van der Waals surface area contributed by atoms with Crippen molar-refractivity contribution in [2.24, 2.45) is 17.8 Å². The Hall–Kier alpha value is -1.94. The number of phosphoric ester groups is 2. The topological polar surface area (TPSA) is 237 Å². The van der Waals surface area contributed by atoms with Crippen molar-refractivity contribution in [1.29, 1.82) is 0 Å². The monoisotopic (exact) mass is 1380 g/mol. The zero-order valence-electron chi connectivity index (χ0n) is 61.4. The van der Waals surface area contributed by atoms with E-state index in [-0.39, 0.29) is 25.7 Å². The van der Waals surface area contributed by atoms with E-state index in [4.69, 9.17) is 37.0 Å². The predicted octanol–water partition coefficient (Wildman–Crippen LogP) is 21.8. The van der Waals surface area contributed by atoms with Crippen LogP contribution in [0, 0.1) is 17.8 Å². The second-order valence-electron chi connectivity index (χ2n) is 28.5. The Labute approximate surface area is 575 Å². The van der Waals surface area contributed by atoms with Crippen LogP contribution in [0.1, 0.15) is 382 Å². The Balaban J connectivity index is 5.25. The van der Waals surface area contributed by atoms with E-state index >= 15 is 0 Å². The van der Waals surface area contributed by atoms with Crippen molar-refractivity contribution in [3.05, 3.63) is 0 Å². The second-order valence-corrected chi connectivity index (χ2v) is 31.4. The number of unbranched alkanes of at least 4 members (excludes halogenated alkanes) is 41. The lowest BCUT2D eigenvalue weighted by molar-refractivity contribution is -0.161. The van der Waals surface area contributed by atoms with E-state index in [1.165, 1.54) is 186 Å². The van der Waals surface area contributed by atoms with Gasteiger partial charge in [0.2, 0.25) is 0 Å². The van der Waals surface area contributed by atoms with Gasteiger partial charge in [0, 0.05) is 25.7 Å². The summed E-state index contributed by atoms with van der Waals surface area (Å²) in [6.07, 6.45) is 51.4. The van der Waals surface area contributed by atoms with E-state index in [9.17, 15) is 43.2 Å². The Morgan fingerprint density at radius 2 is 0.489 bits per heavy atom. The first kappa shape index (κ1) is 92.1. The average Bonchev–Trinajstić information content (AvgIpc) is 1.85. The maximum Gasteiger partial charge on any atom is 0.472 e. The van der Waals surface area contributed by atoms with E-state index in [0.29, 0.717) is 31.6 Å². The molecule has 0 saturated carbocycles. The zero-order chi connectivity index (χ0) is 69.4. The van der Waals surface area contributed by atoms with Gasteiger partial charge in [0.05, 0.1) is 26.4 Å². The van der Waals surface area contributed by atoms with Gasteiger partial charge < -0.3 is 33.8 Å². The summed E-state index contributed by atoms with van der Waals surface area (Å²) in [5.74, 6) is 0.120. The van der Waals surface area contributed by atoms with Crippen LogP contribution < -0.4 is 0 Å². The summed E-state index contributed by atoms with van der Waals surface area (Å²) < 4.78 is 68.5. The molecule has 0 bridgehead atoms. The lowest BCUT2D eigenvalue weighted by Gasteiger charge is -2.21. The van der Waals surface area contributed by atoms with Gasteiger partial charge in [-0.3, -0.25) is 37.3 Å². The molecule has 0 spiro atoms. The van der Waals surface area contributed by atoms with Crippen LogP contribution in [-0.2, 0) is 65.4 Å². The molecular formula is C75H146O17P2. The fourth-order valence-electron chi connectivity index (χ4n) is 11.4. The third-order valence-corrected chi connectivity index (χ3v) is 19.3. The predicted molar refractivity (Wildman–Crippen MR) is 381 cm³/mol. The van der Waals surface area contributed by atoms with Crippen molar-refractivity contribution in [3.63, 3.8) is 0 Å². The number of aliphatic hydroxyl groups excluding tert-OH is 1. The molecule has 19 heteroatoms. The molecular weight excluding hydrogens is 1230 g/mol. The Bertz CT molecular complexity index is 1840. The molecule has 0 aliphatic carbocycles. The normalized spacial score (nSPS) is 14.1. The quantitative estimate of drug-likeness (QED) is 0.0222. The number of phosphoric acid groups is 2. The van der Waals surface area contributed by atoms with Crippen molar-refractivity contribution in [1.82, 2.24) is 0 Å². The van der Waals surface area contributed by atoms with Crippen molar-refractivity contribution in [2.45, 2.75) is 401 Å². The number of ether oxygens (including phenoxy) is 4. The van der Waals surface area contributed by atoms with Crippen LogP contribution in [0.5, 0.6) is 0 Å². The van der Waals surface area contributed by atoms with E-state index in [2.05, 4.69) is 48.5 Å². The molecule has 5 atom stereocenters. The van der Waals surface area contributed by atoms with Crippen LogP contribution in [0.3, 0.4) is 0 Å². The SMILES string of the molecule is CCCCCCCCCCCCCCCCCCC(=O)O[C@H](COC(=O)CCCCCCCCCCCCCCC(C)C)COP(=O)(O)OC[C@@H](O)COP(=O)(O)OC[C@@H](COC(=O)CCCCCCCCCC(C)C)OC(=O)CCCCCCCCCCCCC(C)C. The summed E-state index contributed by atoms with van der Waals surface area (Å²) in [6, 6.07) is 0. The van der Waals surface area contributed by atoms with Crippen molar-refractivity contribution >= 4 is 39.5 Å². The Kier molecular flexibility index (Phi) is 64.3. The summed E-state index contributed by atoms with van der Waals surface area (Å²) in [4.78, 5) is 72.8. The van der Waals surface area contributed by atoms with Crippen molar-refractivity contribution < 1.29 is 80.2 Å². The van der Waals surface area contributed by atoms with Gasteiger partial charge in [0.15, 0.2) is 12.2 Å². The molecule has 0 heterocycles. The molecule has 0 aromatic heterocycles. The number of hydrogen-bond acceptors (Lipinski definition) is 15. The van der Waals surface area contributed by atoms with E-state index < -0.39 is 97.5 Å². The van der Waals surface area contributed by atoms with Gasteiger partial charge in [-0.25, -0.2) is 9.13 Å². The highest BCUT2D eigenvalue weighted by molar-refractivity contribution is 7.47. The summed E-state index contributed by atoms with van der Waals surface area (Å²) in [5, 5.41) is 10.6. The lowest BCUT2D eigenvalue weighted by atomic mass is 10.0. The molecule has 0 amide bonds. The van der Waals surface area contributed by atoms with Gasteiger partial charge in [0.25, 0.3) is 0 Å². The molecule has 2 unspecified atom stereocenters. The highest BCUT2D eigenvalue weighted by Crippen LogP contribution is 2.45. The Morgan fingerprint density at radius 3 is 0.723 bits per heavy atom. The summed E-state index contributed by atoms with van der Waals surface area (Å²) in [5.41, 5.74) is 0. The van der Waals surface area contributed by atoms with Gasteiger partial charge >= 0.3 is 39.5 Å². The molecule has 0 aromatic rings. The molecule has 0 aliphatic rings. The molecule has 94 heavy (non-hydrogen) atoms. The van der Waals surface area contributed by atoms with Gasteiger partial charge in [-0.15, -0.1) is 0 Å². The molecule has 3 N–H and O–H groups in total. The molecule has 0 rings (SSSR count). The first-order valence-electron chi connectivity index (χ1n) is 38.8. The lowest BCUT2D eigenvalue weighted by Crippen LogP contribution is -2.30. The van der Waals surface area contributed by atoms with E-state index in [1.807, 2.05) is 0 Å². The van der Waals surface area contributed by atoms with E-state index in [1.54, 1.807) is 0 Å². The summed E-state index contributed by atoms with van der Waals surface area (Å²) in [6.45, 7) is 11.8. The van der Waals surface area contributed by atoms with Crippen LogP contribution >= 0.6 is 15.6 Å². The fraction of sp³-hybridized carbons (Fsp3) is 0.947. The average molecular weight is 1380 g/mol. The van der Waals surface area contributed by atoms with Crippen molar-refractivity contribution in [3.8, 4) is 0 Å². The minimum absolute atomic E-state index is 0.105.